The number of methoxy groups -OCH3 is 1. The standard InChI is InChI=1S/C11H19N3O2S/c1-7-9(3)17-11(13-7)14-8(2)10(15)12-5-6-16-4/h8H,5-6H2,1-4H3,(H,12,15)(H,13,14). The summed E-state index contributed by atoms with van der Waals surface area (Å²) in [5, 5.41) is 6.65. The highest BCUT2D eigenvalue weighted by atomic mass is 32.1. The van der Waals surface area contributed by atoms with Crippen molar-refractivity contribution >= 4 is 22.4 Å². The van der Waals surface area contributed by atoms with Gasteiger partial charge < -0.3 is 15.4 Å². The Hall–Kier alpha value is -1.14. The van der Waals surface area contributed by atoms with E-state index in [9.17, 15) is 4.79 Å². The number of carbonyl (C=O) groups is 1. The van der Waals surface area contributed by atoms with Gasteiger partial charge in [-0.15, -0.1) is 11.3 Å². The molecular weight excluding hydrogens is 238 g/mol. The van der Waals surface area contributed by atoms with Crippen LogP contribution < -0.4 is 10.6 Å². The number of amides is 1. The molecular formula is C11H19N3O2S. The summed E-state index contributed by atoms with van der Waals surface area (Å²) in [6.45, 7) is 6.83. The van der Waals surface area contributed by atoms with Crippen molar-refractivity contribution in [2.24, 2.45) is 0 Å². The van der Waals surface area contributed by atoms with E-state index in [1.165, 1.54) is 4.88 Å². The molecule has 0 aliphatic heterocycles. The number of nitrogens with zero attached hydrogens (tertiary/aromatic N) is 1. The van der Waals surface area contributed by atoms with Crippen LogP contribution in [0, 0.1) is 13.8 Å². The molecule has 6 heteroatoms. The predicted octanol–water partition coefficient (Wildman–Crippen LogP) is 1.32. The summed E-state index contributed by atoms with van der Waals surface area (Å²) in [6.07, 6.45) is 0. The normalized spacial score (nSPS) is 12.2. The van der Waals surface area contributed by atoms with E-state index in [-0.39, 0.29) is 11.9 Å². The van der Waals surface area contributed by atoms with Crippen LogP contribution in [0.15, 0.2) is 0 Å². The average Bonchev–Trinajstić information content (AvgIpc) is 2.58. The fourth-order valence-electron chi connectivity index (χ4n) is 1.21. The molecule has 1 aromatic heterocycles. The molecule has 1 unspecified atom stereocenters. The molecule has 0 saturated heterocycles. The topological polar surface area (TPSA) is 63.2 Å². The highest BCUT2D eigenvalue weighted by molar-refractivity contribution is 7.15. The van der Waals surface area contributed by atoms with Crippen molar-refractivity contribution in [2.45, 2.75) is 26.8 Å². The molecule has 1 heterocycles. The van der Waals surface area contributed by atoms with Crippen molar-refractivity contribution < 1.29 is 9.53 Å². The van der Waals surface area contributed by atoms with Crippen LogP contribution in [0.4, 0.5) is 5.13 Å². The Labute approximate surface area is 106 Å². The zero-order valence-corrected chi connectivity index (χ0v) is 11.5. The second-order valence-electron chi connectivity index (χ2n) is 3.81. The number of aromatic nitrogens is 1. The molecule has 0 saturated carbocycles. The lowest BCUT2D eigenvalue weighted by Crippen LogP contribution is -2.39. The van der Waals surface area contributed by atoms with Crippen LogP contribution in [-0.4, -0.2) is 37.2 Å². The number of aryl methyl sites for hydroxylation is 2. The van der Waals surface area contributed by atoms with Gasteiger partial charge in [-0.1, -0.05) is 0 Å². The first-order chi connectivity index (χ1) is 8.04. The maximum Gasteiger partial charge on any atom is 0.242 e. The summed E-state index contributed by atoms with van der Waals surface area (Å²) < 4.78 is 4.86. The van der Waals surface area contributed by atoms with E-state index in [2.05, 4.69) is 15.6 Å². The molecule has 96 valence electrons. The molecule has 0 aromatic carbocycles. The first-order valence-electron chi connectivity index (χ1n) is 5.51. The Balaban J connectivity index is 2.42. The third-order valence-electron chi connectivity index (χ3n) is 2.37. The first-order valence-corrected chi connectivity index (χ1v) is 6.33. The largest absolute Gasteiger partial charge is 0.383 e. The minimum atomic E-state index is -0.295. The van der Waals surface area contributed by atoms with Gasteiger partial charge >= 0.3 is 0 Å². The lowest BCUT2D eigenvalue weighted by Gasteiger charge is -2.12. The van der Waals surface area contributed by atoms with Gasteiger partial charge in [-0.25, -0.2) is 4.98 Å². The van der Waals surface area contributed by atoms with Gasteiger partial charge in [0.15, 0.2) is 5.13 Å². The number of anilines is 1. The molecule has 5 nitrogen and oxygen atoms in total. The molecule has 0 radical (unpaired) electrons. The smallest absolute Gasteiger partial charge is 0.242 e. The number of ether oxygens (including phenoxy) is 1. The highest BCUT2D eigenvalue weighted by Gasteiger charge is 2.14. The van der Waals surface area contributed by atoms with Crippen LogP contribution in [0.2, 0.25) is 0 Å². The molecule has 0 fully saturated rings. The Morgan fingerprint density at radius 1 is 1.53 bits per heavy atom. The molecule has 17 heavy (non-hydrogen) atoms. The van der Waals surface area contributed by atoms with Gasteiger partial charge in [-0.2, -0.15) is 0 Å². The summed E-state index contributed by atoms with van der Waals surface area (Å²) in [7, 11) is 1.61. The molecule has 2 N–H and O–H groups in total. The van der Waals surface area contributed by atoms with E-state index in [1.807, 2.05) is 20.8 Å². The third kappa shape index (κ3) is 4.32. The lowest BCUT2D eigenvalue weighted by molar-refractivity contribution is -0.121. The molecule has 1 amide bonds. The monoisotopic (exact) mass is 257 g/mol. The summed E-state index contributed by atoms with van der Waals surface area (Å²) in [5.41, 5.74) is 1.00. The fourth-order valence-corrected chi connectivity index (χ4v) is 2.12. The van der Waals surface area contributed by atoms with Crippen LogP contribution >= 0.6 is 11.3 Å². The second kappa shape index (κ2) is 6.56. The van der Waals surface area contributed by atoms with Crippen LogP contribution in [0.5, 0.6) is 0 Å². The van der Waals surface area contributed by atoms with Crippen molar-refractivity contribution in [3.05, 3.63) is 10.6 Å². The van der Waals surface area contributed by atoms with Gasteiger partial charge in [0.25, 0.3) is 0 Å². The van der Waals surface area contributed by atoms with E-state index in [1.54, 1.807) is 18.4 Å². The van der Waals surface area contributed by atoms with Crippen LogP contribution in [-0.2, 0) is 9.53 Å². The maximum absolute atomic E-state index is 11.7. The lowest BCUT2D eigenvalue weighted by atomic mass is 10.3. The van der Waals surface area contributed by atoms with Crippen LogP contribution in [0.1, 0.15) is 17.5 Å². The number of thiazole rings is 1. The van der Waals surface area contributed by atoms with E-state index in [0.717, 1.165) is 10.8 Å². The van der Waals surface area contributed by atoms with Gasteiger partial charge in [-0.3, -0.25) is 4.79 Å². The van der Waals surface area contributed by atoms with Crippen molar-refractivity contribution in [3.8, 4) is 0 Å². The van der Waals surface area contributed by atoms with E-state index in [0.29, 0.717) is 13.2 Å². The number of hydrogen-bond donors (Lipinski definition) is 2. The molecule has 1 rings (SSSR count). The maximum atomic E-state index is 11.7. The van der Waals surface area contributed by atoms with Gasteiger partial charge in [0.2, 0.25) is 5.91 Å². The van der Waals surface area contributed by atoms with Gasteiger partial charge in [0, 0.05) is 18.5 Å². The summed E-state index contributed by atoms with van der Waals surface area (Å²) in [4.78, 5) is 17.2. The van der Waals surface area contributed by atoms with E-state index in [4.69, 9.17) is 4.74 Å². The number of hydrogen-bond acceptors (Lipinski definition) is 5. The number of nitrogens with one attached hydrogen (secondary N) is 2. The van der Waals surface area contributed by atoms with Crippen molar-refractivity contribution in [1.82, 2.24) is 10.3 Å². The Morgan fingerprint density at radius 2 is 2.24 bits per heavy atom. The molecule has 0 bridgehead atoms. The summed E-state index contributed by atoms with van der Waals surface area (Å²) in [5.74, 6) is -0.0486. The van der Waals surface area contributed by atoms with Crippen molar-refractivity contribution in [2.75, 3.05) is 25.6 Å². The van der Waals surface area contributed by atoms with Crippen molar-refractivity contribution in [3.63, 3.8) is 0 Å². The van der Waals surface area contributed by atoms with E-state index < -0.39 is 0 Å². The summed E-state index contributed by atoms with van der Waals surface area (Å²) in [6, 6.07) is -0.295. The summed E-state index contributed by atoms with van der Waals surface area (Å²) >= 11 is 1.56. The molecule has 1 atom stereocenters. The number of carbonyl (C=O) groups excluding carboxylic acids is 1. The average molecular weight is 257 g/mol. The van der Waals surface area contributed by atoms with Gasteiger partial charge in [-0.05, 0) is 20.8 Å². The Bertz CT molecular complexity index is 359. The third-order valence-corrected chi connectivity index (χ3v) is 3.37. The van der Waals surface area contributed by atoms with Crippen molar-refractivity contribution in [1.29, 1.82) is 0 Å². The second-order valence-corrected chi connectivity index (χ2v) is 5.01. The molecule has 1 aromatic rings. The molecule has 0 spiro atoms. The zero-order valence-electron chi connectivity index (χ0n) is 10.7. The quantitative estimate of drug-likeness (QED) is 0.755. The molecule has 0 aliphatic rings. The van der Waals surface area contributed by atoms with Crippen LogP contribution in [0.25, 0.3) is 0 Å². The molecule has 0 aliphatic carbocycles. The number of rotatable bonds is 6. The minimum absolute atomic E-state index is 0.0486. The van der Waals surface area contributed by atoms with Gasteiger partial charge in [0.1, 0.15) is 6.04 Å². The highest BCUT2D eigenvalue weighted by Crippen LogP contribution is 2.21. The zero-order chi connectivity index (χ0) is 12.8. The SMILES string of the molecule is COCCNC(=O)C(C)Nc1nc(C)c(C)s1. The fraction of sp³-hybridized carbons (Fsp3) is 0.636. The van der Waals surface area contributed by atoms with E-state index >= 15 is 0 Å². The Morgan fingerprint density at radius 3 is 2.76 bits per heavy atom. The predicted molar refractivity (Wildman–Crippen MR) is 69.6 cm³/mol. The van der Waals surface area contributed by atoms with Gasteiger partial charge in [0.05, 0.1) is 12.3 Å². The Kier molecular flexibility index (Phi) is 5.37. The first kappa shape index (κ1) is 13.9. The van der Waals surface area contributed by atoms with Crippen LogP contribution in [0.3, 0.4) is 0 Å². The minimum Gasteiger partial charge on any atom is -0.383 e.